The van der Waals surface area contributed by atoms with Crippen LogP contribution in [0.25, 0.3) is 0 Å². The van der Waals surface area contributed by atoms with Gasteiger partial charge in [-0.2, -0.15) is 0 Å². The largest absolute Gasteiger partial charge is 0.370 e. The summed E-state index contributed by atoms with van der Waals surface area (Å²) in [7, 11) is 0. The maximum absolute atomic E-state index is 12.9. The Hall–Kier alpha value is -0.850. The van der Waals surface area contributed by atoms with Gasteiger partial charge in [0.2, 0.25) is 0 Å². The lowest BCUT2D eigenvalue weighted by molar-refractivity contribution is 0.625. The van der Waals surface area contributed by atoms with E-state index in [-0.39, 0.29) is 29.8 Å². The van der Waals surface area contributed by atoms with Crippen molar-refractivity contribution < 1.29 is 4.39 Å². The minimum atomic E-state index is -0.205. The first-order valence-corrected chi connectivity index (χ1v) is 5.86. The Balaban J connectivity index is 0.00000289. The van der Waals surface area contributed by atoms with E-state index in [4.69, 9.17) is 5.73 Å². The Kier molecular flexibility index (Phi) is 8.70. The lowest BCUT2D eigenvalue weighted by Crippen LogP contribution is -2.33. The Labute approximate surface area is 125 Å². The molecular formula is C13H21FIN3. The first kappa shape index (κ1) is 17.2. The monoisotopic (exact) mass is 365 g/mol. The molecule has 3 nitrogen and oxygen atoms in total. The van der Waals surface area contributed by atoms with Crippen molar-refractivity contribution in [3.63, 3.8) is 0 Å². The van der Waals surface area contributed by atoms with Gasteiger partial charge >= 0.3 is 0 Å². The summed E-state index contributed by atoms with van der Waals surface area (Å²) in [5, 5.41) is 3.01. The van der Waals surface area contributed by atoms with Crippen LogP contribution in [0.15, 0.2) is 29.3 Å². The molecule has 0 saturated heterocycles. The minimum Gasteiger partial charge on any atom is -0.370 e. The van der Waals surface area contributed by atoms with E-state index in [0.29, 0.717) is 18.4 Å². The maximum atomic E-state index is 12.9. The molecule has 0 heterocycles. The zero-order valence-electron chi connectivity index (χ0n) is 10.8. The van der Waals surface area contributed by atoms with E-state index >= 15 is 0 Å². The second-order valence-corrected chi connectivity index (χ2v) is 4.43. The van der Waals surface area contributed by atoms with Crippen LogP contribution < -0.4 is 11.1 Å². The van der Waals surface area contributed by atoms with E-state index in [1.54, 1.807) is 6.07 Å². The number of rotatable bonds is 5. The first-order valence-electron chi connectivity index (χ1n) is 5.86. The van der Waals surface area contributed by atoms with Crippen LogP contribution in [0.5, 0.6) is 0 Å². The van der Waals surface area contributed by atoms with Gasteiger partial charge in [-0.1, -0.05) is 26.0 Å². The van der Waals surface area contributed by atoms with Crippen molar-refractivity contribution in [2.45, 2.75) is 20.3 Å². The van der Waals surface area contributed by atoms with Gasteiger partial charge < -0.3 is 11.1 Å². The van der Waals surface area contributed by atoms with Crippen molar-refractivity contribution in [3.05, 3.63) is 35.6 Å². The third-order valence-electron chi connectivity index (χ3n) is 2.24. The smallest absolute Gasteiger partial charge is 0.188 e. The van der Waals surface area contributed by atoms with Gasteiger partial charge in [-0.05, 0) is 30.0 Å². The van der Waals surface area contributed by atoms with Crippen molar-refractivity contribution in [1.29, 1.82) is 0 Å². The SMILES string of the molecule is CC(C)CN=C(N)NCCc1cccc(F)c1.I. The van der Waals surface area contributed by atoms with Gasteiger partial charge in [0.15, 0.2) is 5.96 Å². The lowest BCUT2D eigenvalue weighted by atomic mass is 10.1. The van der Waals surface area contributed by atoms with Gasteiger partial charge in [0.25, 0.3) is 0 Å². The second-order valence-electron chi connectivity index (χ2n) is 4.43. The van der Waals surface area contributed by atoms with E-state index < -0.39 is 0 Å². The summed E-state index contributed by atoms with van der Waals surface area (Å²) >= 11 is 0. The molecule has 0 aliphatic heterocycles. The fourth-order valence-electron chi connectivity index (χ4n) is 1.36. The summed E-state index contributed by atoms with van der Waals surface area (Å²) < 4.78 is 12.9. The predicted molar refractivity (Wildman–Crippen MR) is 84.8 cm³/mol. The second kappa shape index (κ2) is 9.13. The molecule has 0 amide bonds. The molecule has 5 heteroatoms. The molecule has 1 aromatic carbocycles. The van der Waals surface area contributed by atoms with Gasteiger partial charge in [0.1, 0.15) is 5.82 Å². The van der Waals surface area contributed by atoms with Crippen LogP contribution in [0.4, 0.5) is 4.39 Å². The molecule has 0 bridgehead atoms. The van der Waals surface area contributed by atoms with Gasteiger partial charge in [-0.15, -0.1) is 24.0 Å². The number of halogens is 2. The fourth-order valence-corrected chi connectivity index (χ4v) is 1.36. The van der Waals surface area contributed by atoms with E-state index in [9.17, 15) is 4.39 Å². The van der Waals surface area contributed by atoms with Crippen LogP contribution >= 0.6 is 24.0 Å². The molecule has 18 heavy (non-hydrogen) atoms. The summed E-state index contributed by atoms with van der Waals surface area (Å²) in [6, 6.07) is 6.58. The van der Waals surface area contributed by atoms with E-state index in [1.807, 2.05) is 6.07 Å². The first-order chi connectivity index (χ1) is 8.08. The number of hydrogen-bond donors (Lipinski definition) is 2. The van der Waals surface area contributed by atoms with Crippen molar-refractivity contribution >= 4 is 29.9 Å². The highest BCUT2D eigenvalue weighted by molar-refractivity contribution is 14.0. The number of guanidine groups is 1. The van der Waals surface area contributed by atoms with Crippen LogP contribution in [0, 0.1) is 11.7 Å². The Morgan fingerprint density at radius 3 is 2.78 bits per heavy atom. The number of aliphatic imine (C=N–C) groups is 1. The molecule has 1 rings (SSSR count). The molecule has 0 spiro atoms. The number of nitrogens with one attached hydrogen (secondary N) is 1. The van der Waals surface area contributed by atoms with Crippen LogP contribution in [-0.2, 0) is 6.42 Å². The topological polar surface area (TPSA) is 50.4 Å². The summed E-state index contributed by atoms with van der Waals surface area (Å²) in [6.45, 7) is 5.56. The minimum absolute atomic E-state index is 0. The van der Waals surface area contributed by atoms with Crippen LogP contribution in [0.1, 0.15) is 19.4 Å². The molecule has 102 valence electrons. The normalized spacial score (nSPS) is 11.2. The Bertz CT molecular complexity index is 380. The highest BCUT2D eigenvalue weighted by atomic mass is 127. The predicted octanol–water partition coefficient (Wildman–Crippen LogP) is 2.55. The van der Waals surface area contributed by atoms with Gasteiger partial charge in [0, 0.05) is 13.1 Å². The Morgan fingerprint density at radius 2 is 2.17 bits per heavy atom. The molecule has 0 fully saturated rings. The third-order valence-corrected chi connectivity index (χ3v) is 2.24. The van der Waals surface area contributed by atoms with Gasteiger partial charge in [0.05, 0.1) is 0 Å². The molecule has 0 unspecified atom stereocenters. The zero-order valence-corrected chi connectivity index (χ0v) is 13.1. The van der Waals surface area contributed by atoms with Crippen LogP contribution in [0.2, 0.25) is 0 Å². The van der Waals surface area contributed by atoms with Crippen molar-refractivity contribution in [3.8, 4) is 0 Å². The quantitative estimate of drug-likeness (QED) is 0.479. The van der Waals surface area contributed by atoms with Crippen molar-refractivity contribution in [2.24, 2.45) is 16.6 Å². The standard InChI is InChI=1S/C13H20FN3.HI/c1-10(2)9-17-13(15)16-7-6-11-4-3-5-12(14)8-11;/h3-5,8,10H,6-7,9H2,1-2H3,(H3,15,16,17);1H. The molecule has 0 saturated carbocycles. The average Bonchev–Trinajstić information content (AvgIpc) is 2.26. The molecular weight excluding hydrogens is 344 g/mol. The number of nitrogens with zero attached hydrogens (tertiary/aromatic N) is 1. The van der Waals surface area contributed by atoms with Crippen LogP contribution in [0.3, 0.4) is 0 Å². The van der Waals surface area contributed by atoms with Crippen molar-refractivity contribution in [2.75, 3.05) is 13.1 Å². The summed E-state index contributed by atoms with van der Waals surface area (Å²) in [4.78, 5) is 4.18. The van der Waals surface area contributed by atoms with E-state index in [0.717, 1.165) is 18.5 Å². The molecule has 1 aromatic rings. The molecule has 0 radical (unpaired) electrons. The number of nitrogens with two attached hydrogens (primary N) is 1. The van der Waals surface area contributed by atoms with E-state index in [1.165, 1.54) is 12.1 Å². The highest BCUT2D eigenvalue weighted by Gasteiger charge is 1.97. The summed E-state index contributed by atoms with van der Waals surface area (Å²) in [5.41, 5.74) is 6.63. The Morgan fingerprint density at radius 1 is 1.44 bits per heavy atom. The zero-order chi connectivity index (χ0) is 12.7. The van der Waals surface area contributed by atoms with Gasteiger partial charge in [-0.3, -0.25) is 4.99 Å². The molecule has 0 aromatic heterocycles. The average molecular weight is 365 g/mol. The van der Waals surface area contributed by atoms with Gasteiger partial charge in [-0.25, -0.2) is 4.39 Å². The lowest BCUT2D eigenvalue weighted by Gasteiger charge is -2.06. The molecule has 3 N–H and O–H groups in total. The number of benzene rings is 1. The molecule has 0 aliphatic rings. The maximum Gasteiger partial charge on any atom is 0.188 e. The highest BCUT2D eigenvalue weighted by Crippen LogP contribution is 2.03. The molecule has 0 atom stereocenters. The summed E-state index contributed by atoms with van der Waals surface area (Å²) in [6.07, 6.45) is 0.732. The van der Waals surface area contributed by atoms with Crippen molar-refractivity contribution in [1.82, 2.24) is 5.32 Å². The number of hydrogen-bond acceptors (Lipinski definition) is 1. The van der Waals surface area contributed by atoms with Crippen LogP contribution in [-0.4, -0.2) is 19.0 Å². The van der Waals surface area contributed by atoms with E-state index in [2.05, 4.69) is 24.2 Å². The fraction of sp³-hybridized carbons (Fsp3) is 0.462. The molecule has 0 aliphatic carbocycles. The summed E-state index contributed by atoms with van der Waals surface area (Å²) in [5.74, 6) is 0.748. The third kappa shape index (κ3) is 7.47.